The molecule has 1 N–H and O–H groups in total. The minimum Gasteiger partial charge on any atom is -0.381 e. The maximum atomic E-state index is 13.1. The van der Waals surface area contributed by atoms with Crippen LogP contribution < -0.4 is 0 Å². The van der Waals surface area contributed by atoms with Gasteiger partial charge in [0.1, 0.15) is 11.4 Å². The average molecular weight is 249 g/mol. The fourth-order valence-electron chi connectivity index (χ4n) is 1.81. The Bertz CT molecular complexity index is 537. The Morgan fingerprint density at radius 3 is 2.78 bits per heavy atom. The molecule has 2 rings (SSSR count). The van der Waals surface area contributed by atoms with E-state index in [1.165, 1.54) is 12.3 Å². The topological polar surface area (TPSA) is 50.9 Å². The van der Waals surface area contributed by atoms with E-state index in [1.807, 2.05) is 0 Å². The number of hydrogen-bond acceptors (Lipinski definition) is 3. The summed E-state index contributed by atoms with van der Waals surface area (Å²) in [5, 5.41) is 14.7. The predicted octanol–water partition coefficient (Wildman–Crippen LogP) is 2.08. The third-order valence-corrected chi connectivity index (χ3v) is 2.92. The second-order valence-electron chi connectivity index (χ2n) is 4.46. The molecule has 2 aromatic heterocycles. The summed E-state index contributed by atoms with van der Waals surface area (Å²) in [6.45, 7) is 4.45. The van der Waals surface area contributed by atoms with Gasteiger partial charge in [-0.05, 0) is 19.4 Å². The van der Waals surface area contributed by atoms with E-state index >= 15 is 0 Å². The highest BCUT2D eigenvalue weighted by Crippen LogP contribution is 2.28. The fraction of sp³-hybridized carbons (Fsp3) is 0.385. The van der Waals surface area contributed by atoms with Crippen LogP contribution in [0.3, 0.4) is 0 Å². The van der Waals surface area contributed by atoms with Crippen LogP contribution in [0.2, 0.25) is 0 Å². The molecule has 1 unspecified atom stereocenters. The van der Waals surface area contributed by atoms with Crippen molar-refractivity contribution in [1.29, 1.82) is 0 Å². The minimum atomic E-state index is -1.29. The molecule has 2 aromatic rings. The second kappa shape index (κ2) is 4.86. The van der Waals surface area contributed by atoms with Crippen molar-refractivity contribution in [3.8, 4) is 0 Å². The molecule has 0 aliphatic rings. The number of nitrogens with zero attached hydrogens (tertiary/aromatic N) is 3. The fourth-order valence-corrected chi connectivity index (χ4v) is 1.81. The highest BCUT2D eigenvalue weighted by molar-refractivity contribution is 5.30. The Morgan fingerprint density at radius 1 is 1.33 bits per heavy atom. The SMILES string of the molecule is CCCn1cc(C(C)(O)c2cncc(F)c2)cn1. The van der Waals surface area contributed by atoms with Crippen molar-refractivity contribution in [3.63, 3.8) is 0 Å². The molecule has 18 heavy (non-hydrogen) atoms. The van der Waals surface area contributed by atoms with E-state index < -0.39 is 11.4 Å². The van der Waals surface area contributed by atoms with Gasteiger partial charge < -0.3 is 5.11 Å². The molecule has 96 valence electrons. The van der Waals surface area contributed by atoms with E-state index in [-0.39, 0.29) is 0 Å². The largest absolute Gasteiger partial charge is 0.381 e. The van der Waals surface area contributed by atoms with Crippen LogP contribution in [0.25, 0.3) is 0 Å². The molecule has 0 aliphatic carbocycles. The van der Waals surface area contributed by atoms with Gasteiger partial charge in [0.15, 0.2) is 0 Å². The number of aliphatic hydroxyl groups is 1. The molecule has 0 fully saturated rings. The molecular formula is C13H16FN3O. The smallest absolute Gasteiger partial charge is 0.141 e. The lowest BCUT2D eigenvalue weighted by molar-refractivity contribution is 0.101. The first-order valence-electron chi connectivity index (χ1n) is 5.90. The summed E-state index contributed by atoms with van der Waals surface area (Å²) in [4.78, 5) is 3.76. The number of rotatable bonds is 4. The number of halogens is 1. The number of aromatic nitrogens is 3. The Hall–Kier alpha value is -1.75. The summed E-state index contributed by atoms with van der Waals surface area (Å²) in [6.07, 6.45) is 6.90. The van der Waals surface area contributed by atoms with Crippen LogP contribution in [0.4, 0.5) is 4.39 Å². The average Bonchev–Trinajstić information content (AvgIpc) is 2.79. The van der Waals surface area contributed by atoms with Gasteiger partial charge in [0.25, 0.3) is 0 Å². The molecule has 0 aliphatic heterocycles. The van der Waals surface area contributed by atoms with Crippen molar-refractivity contribution < 1.29 is 9.50 Å². The van der Waals surface area contributed by atoms with Gasteiger partial charge in [-0.1, -0.05) is 6.92 Å². The summed E-state index contributed by atoms with van der Waals surface area (Å²) in [6, 6.07) is 1.28. The predicted molar refractivity (Wildman–Crippen MR) is 65.4 cm³/mol. The third kappa shape index (κ3) is 2.41. The summed E-state index contributed by atoms with van der Waals surface area (Å²) in [5.41, 5.74) is -0.247. The Kier molecular flexibility index (Phi) is 3.43. The third-order valence-electron chi connectivity index (χ3n) is 2.92. The van der Waals surface area contributed by atoms with Crippen molar-refractivity contribution in [2.75, 3.05) is 0 Å². The van der Waals surface area contributed by atoms with Crippen molar-refractivity contribution in [1.82, 2.24) is 14.8 Å². The molecule has 1 atom stereocenters. The van der Waals surface area contributed by atoms with E-state index in [2.05, 4.69) is 17.0 Å². The van der Waals surface area contributed by atoms with Gasteiger partial charge in [-0.2, -0.15) is 5.10 Å². The zero-order chi connectivity index (χ0) is 13.2. The zero-order valence-electron chi connectivity index (χ0n) is 10.5. The molecule has 5 heteroatoms. The number of aryl methyl sites for hydroxylation is 1. The van der Waals surface area contributed by atoms with Gasteiger partial charge in [-0.3, -0.25) is 9.67 Å². The van der Waals surface area contributed by atoms with Crippen LogP contribution in [0.5, 0.6) is 0 Å². The molecular weight excluding hydrogens is 233 g/mol. The maximum Gasteiger partial charge on any atom is 0.141 e. The summed E-state index contributed by atoms with van der Waals surface area (Å²) >= 11 is 0. The Balaban J connectivity index is 2.34. The lowest BCUT2D eigenvalue weighted by Gasteiger charge is -2.21. The van der Waals surface area contributed by atoms with Crippen molar-refractivity contribution in [3.05, 3.63) is 47.8 Å². The second-order valence-corrected chi connectivity index (χ2v) is 4.46. The van der Waals surface area contributed by atoms with Crippen LogP contribution in [-0.2, 0) is 12.1 Å². The van der Waals surface area contributed by atoms with Crippen molar-refractivity contribution in [2.45, 2.75) is 32.4 Å². The normalized spacial score (nSPS) is 14.4. The van der Waals surface area contributed by atoms with Crippen LogP contribution in [0, 0.1) is 5.82 Å². The molecule has 0 amide bonds. The summed E-state index contributed by atoms with van der Waals surface area (Å²) in [7, 11) is 0. The van der Waals surface area contributed by atoms with Gasteiger partial charge in [-0.15, -0.1) is 0 Å². The highest BCUT2D eigenvalue weighted by atomic mass is 19.1. The molecule has 4 nitrogen and oxygen atoms in total. The monoisotopic (exact) mass is 249 g/mol. The summed E-state index contributed by atoms with van der Waals surface area (Å²) in [5.74, 6) is -0.464. The minimum absolute atomic E-state index is 0.415. The van der Waals surface area contributed by atoms with Gasteiger partial charge in [-0.25, -0.2) is 4.39 Å². The van der Waals surface area contributed by atoms with E-state index in [9.17, 15) is 9.50 Å². The standard InChI is InChI=1S/C13H16FN3O/c1-3-4-17-9-11(7-16-17)13(2,18)10-5-12(14)8-15-6-10/h5-9,18H,3-4H2,1-2H3. The number of hydrogen-bond donors (Lipinski definition) is 1. The van der Waals surface area contributed by atoms with Crippen molar-refractivity contribution in [2.24, 2.45) is 0 Å². The first-order chi connectivity index (χ1) is 8.54. The molecule has 0 radical (unpaired) electrons. The Morgan fingerprint density at radius 2 is 2.11 bits per heavy atom. The summed E-state index contributed by atoms with van der Waals surface area (Å²) < 4.78 is 14.9. The van der Waals surface area contributed by atoms with Crippen LogP contribution >= 0.6 is 0 Å². The van der Waals surface area contributed by atoms with Crippen LogP contribution in [0.1, 0.15) is 31.4 Å². The van der Waals surface area contributed by atoms with E-state index in [4.69, 9.17) is 0 Å². The van der Waals surface area contributed by atoms with Gasteiger partial charge in [0, 0.05) is 30.1 Å². The molecule has 0 spiro atoms. The van der Waals surface area contributed by atoms with Gasteiger partial charge >= 0.3 is 0 Å². The first-order valence-corrected chi connectivity index (χ1v) is 5.90. The van der Waals surface area contributed by atoms with E-state index in [0.29, 0.717) is 11.1 Å². The van der Waals surface area contributed by atoms with Crippen LogP contribution in [-0.4, -0.2) is 19.9 Å². The highest BCUT2D eigenvalue weighted by Gasteiger charge is 2.28. The molecule has 0 bridgehead atoms. The zero-order valence-corrected chi connectivity index (χ0v) is 10.5. The quantitative estimate of drug-likeness (QED) is 0.902. The molecule has 0 saturated heterocycles. The lowest BCUT2D eigenvalue weighted by atomic mass is 9.92. The van der Waals surface area contributed by atoms with E-state index in [0.717, 1.165) is 19.2 Å². The molecule has 2 heterocycles. The van der Waals surface area contributed by atoms with E-state index in [1.54, 1.807) is 24.0 Å². The van der Waals surface area contributed by atoms with Crippen LogP contribution in [0.15, 0.2) is 30.9 Å². The lowest BCUT2D eigenvalue weighted by Crippen LogP contribution is -2.22. The molecule has 0 aromatic carbocycles. The first kappa shape index (κ1) is 12.7. The van der Waals surface area contributed by atoms with Gasteiger partial charge in [0.05, 0.1) is 12.4 Å². The van der Waals surface area contributed by atoms with Gasteiger partial charge in [0.2, 0.25) is 0 Å². The Labute approximate surface area is 105 Å². The number of pyridine rings is 1. The van der Waals surface area contributed by atoms with Crippen molar-refractivity contribution >= 4 is 0 Å². The molecule has 0 saturated carbocycles. The maximum absolute atomic E-state index is 13.1.